The lowest BCUT2D eigenvalue weighted by atomic mass is 10.2. The summed E-state index contributed by atoms with van der Waals surface area (Å²) in [5, 5.41) is 2.57. The lowest BCUT2D eigenvalue weighted by Gasteiger charge is -2.04. The Bertz CT molecular complexity index is 144. The van der Waals surface area contributed by atoms with Gasteiger partial charge in [0.25, 0.3) is 0 Å². The van der Waals surface area contributed by atoms with Crippen LogP contribution in [-0.2, 0) is 4.74 Å². The number of cyclic esters (lactones) is 1. The number of ether oxygens (including phenoxy) is 1. The summed E-state index contributed by atoms with van der Waals surface area (Å²) in [6, 6.07) is -0.0162. The Hall–Kier alpha value is -0.990. The van der Waals surface area contributed by atoms with Crippen molar-refractivity contribution in [2.75, 3.05) is 0 Å². The van der Waals surface area contributed by atoms with Crippen molar-refractivity contribution in [2.24, 2.45) is 0 Å². The Morgan fingerprint density at radius 2 is 2.56 bits per heavy atom. The molecule has 1 saturated heterocycles. The van der Waals surface area contributed by atoms with E-state index in [0.29, 0.717) is 0 Å². The maximum atomic E-state index is 10.4. The van der Waals surface area contributed by atoms with Crippen molar-refractivity contribution in [1.82, 2.24) is 5.32 Å². The van der Waals surface area contributed by atoms with Crippen molar-refractivity contribution in [3.05, 3.63) is 12.7 Å². The second-order valence-corrected chi connectivity index (χ2v) is 2.02. The van der Waals surface area contributed by atoms with Crippen LogP contribution in [-0.4, -0.2) is 18.2 Å². The molecule has 0 radical (unpaired) electrons. The van der Waals surface area contributed by atoms with Crippen LogP contribution in [0, 0.1) is 0 Å². The van der Waals surface area contributed by atoms with E-state index in [9.17, 15) is 4.79 Å². The van der Waals surface area contributed by atoms with Gasteiger partial charge in [0.15, 0.2) is 0 Å². The van der Waals surface area contributed by atoms with E-state index < -0.39 is 0 Å². The minimum atomic E-state index is -0.354. The van der Waals surface area contributed by atoms with Gasteiger partial charge in [0.05, 0.1) is 6.04 Å². The van der Waals surface area contributed by atoms with Crippen LogP contribution in [0.3, 0.4) is 0 Å². The smallest absolute Gasteiger partial charge is 0.408 e. The highest BCUT2D eigenvalue weighted by atomic mass is 16.6. The average molecular weight is 127 g/mol. The molecule has 3 nitrogen and oxygen atoms in total. The number of carbonyl (C=O) groups excluding carboxylic acids is 1. The molecule has 1 fully saturated rings. The molecule has 9 heavy (non-hydrogen) atoms. The van der Waals surface area contributed by atoms with Crippen LogP contribution in [0.15, 0.2) is 12.7 Å². The minimum absolute atomic E-state index is 0.0162. The highest BCUT2D eigenvalue weighted by Crippen LogP contribution is 2.07. The number of alkyl carbamates (subject to hydrolysis) is 1. The second-order valence-electron chi connectivity index (χ2n) is 2.02. The molecule has 2 atom stereocenters. The topological polar surface area (TPSA) is 38.3 Å². The van der Waals surface area contributed by atoms with E-state index >= 15 is 0 Å². The van der Waals surface area contributed by atoms with Gasteiger partial charge in [0, 0.05) is 0 Å². The van der Waals surface area contributed by atoms with Crippen molar-refractivity contribution in [3.8, 4) is 0 Å². The summed E-state index contributed by atoms with van der Waals surface area (Å²) < 4.78 is 4.74. The third-order valence-electron chi connectivity index (χ3n) is 1.34. The number of rotatable bonds is 1. The fourth-order valence-electron chi connectivity index (χ4n) is 0.780. The van der Waals surface area contributed by atoms with E-state index in [2.05, 4.69) is 11.9 Å². The zero-order valence-corrected chi connectivity index (χ0v) is 5.26. The zero-order chi connectivity index (χ0) is 6.85. The first kappa shape index (κ1) is 6.13. The zero-order valence-electron chi connectivity index (χ0n) is 5.26. The Morgan fingerprint density at radius 1 is 1.89 bits per heavy atom. The van der Waals surface area contributed by atoms with E-state index in [0.717, 1.165) is 0 Å². The molecule has 0 aliphatic carbocycles. The van der Waals surface area contributed by atoms with Gasteiger partial charge in [-0.25, -0.2) is 4.79 Å². The monoisotopic (exact) mass is 127 g/mol. The van der Waals surface area contributed by atoms with Gasteiger partial charge in [0.1, 0.15) is 6.10 Å². The molecular weight excluding hydrogens is 118 g/mol. The number of nitrogens with one attached hydrogen (secondary N) is 1. The summed E-state index contributed by atoms with van der Waals surface area (Å²) in [5.41, 5.74) is 0. The highest BCUT2D eigenvalue weighted by Gasteiger charge is 2.27. The number of hydrogen-bond donors (Lipinski definition) is 1. The lowest BCUT2D eigenvalue weighted by Crippen LogP contribution is -2.26. The molecule has 1 rings (SSSR count). The standard InChI is InChI=1S/C6H9NO2/c1-3-5-4(2)9-6(8)7-5/h3-5H,1H2,2H3,(H,7,8)/t4-,5+/m0/s1. The first-order valence-electron chi connectivity index (χ1n) is 2.83. The number of hydrogen-bond acceptors (Lipinski definition) is 2. The molecule has 1 heterocycles. The molecule has 1 N–H and O–H groups in total. The molecule has 0 aromatic rings. The van der Waals surface area contributed by atoms with Crippen LogP contribution in [0.1, 0.15) is 6.92 Å². The molecule has 1 amide bonds. The van der Waals surface area contributed by atoms with Gasteiger partial charge in [-0.1, -0.05) is 6.08 Å². The molecule has 0 unspecified atom stereocenters. The van der Waals surface area contributed by atoms with E-state index in [1.165, 1.54) is 0 Å². The first-order chi connectivity index (χ1) is 4.24. The number of carbonyl (C=O) groups is 1. The van der Waals surface area contributed by atoms with Gasteiger partial charge >= 0.3 is 6.09 Å². The SMILES string of the molecule is C=C[C@H]1NC(=O)O[C@H]1C. The third kappa shape index (κ3) is 1.04. The molecule has 0 aromatic carbocycles. The normalized spacial score (nSPS) is 33.2. The Balaban J connectivity index is 2.57. The van der Waals surface area contributed by atoms with Gasteiger partial charge in [-0.2, -0.15) is 0 Å². The molecule has 3 heteroatoms. The van der Waals surface area contributed by atoms with Crippen molar-refractivity contribution >= 4 is 6.09 Å². The predicted molar refractivity (Wildman–Crippen MR) is 33.1 cm³/mol. The van der Waals surface area contributed by atoms with E-state index in [1.807, 2.05) is 6.92 Å². The van der Waals surface area contributed by atoms with Gasteiger partial charge in [-0.15, -0.1) is 6.58 Å². The summed E-state index contributed by atoms with van der Waals surface area (Å²) in [6.45, 7) is 5.36. The maximum Gasteiger partial charge on any atom is 0.408 e. The summed E-state index contributed by atoms with van der Waals surface area (Å²) >= 11 is 0. The van der Waals surface area contributed by atoms with E-state index in [1.54, 1.807) is 6.08 Å². The molecule has 0 spiro atoms. The van der Waals surface area contributed by atoms with E-state index in [4.69, 9.17) is 4.74 Å². The average Bonchev–Trinajstić information content (AvgIpc) is 2.10. The highest BCUT2D eigenvalue weighted by molar-refractivity contribution is 5.70. The predicted octanol–water partition coefficient (Wildman–Crippen LogP) is 0.669. The molecule has 0 saturated carbocycles. The van der Waals surface area contributed by atoms with Gasteiger partial charge < -0.3 is 10.1 Å². The summed E-state index contributed by atoms with van der Waals surface area (Å²) in [6.07, 6.45) is 1.23. The van der Waals surface area contributed by atoms with Crippen molar-refractivity contribution in [2.45, 2.75) is 19.1 Å². The van der Waals surface area contributed by atoms with Gasteiger partial charge in [-0.3, -0.25) is 0 Å². The fourth-order valence-corrected chi connectivity index (χ4v) is 0.780. The van der Waals surface area contributed by atoms with Gasteiger partial charge in [0.2, 0.25) is 0 Å². The third-order valence-corrected chi connectivity index (χ3v) is 1.34. The van der Waals surface area contributed by atoms with Crippen LogP contribution >= 0.6 is 0 Å². The summed E-state index contributed by atoms with van der Waals surface area (Å²) in [5.74, 6) is 0. The Kier molecular flexibility index (Phi) is 1.42. The molecule has 50 valence electrons. The molecule has 0 bridgehead atoms. The molecule has 1 aliphatic heterocycles. The first-order valence-corrected chi connectivity index (χ1v) is 2.83. The number of amides is 1. The summed E-state index contributed by atoms with van der Waals surface area (Å²) in [4.78, 5) is 10.4. The van der Waals surface area contributed by atoms with Crippen molar-refractivity contribution in [1.29, 1.82) is 0 Å². The van der Waals surface area contributed by atoms with Crippen LogP contribution in [0.2, 0.25) is 0 Å². The second kappa shape index (κ2) is 2.09. The van der Waals surface area contributed by atoms with Crippen molar-refractivity contribution in [3.63, 3.8) is 0 Å². The quantitative estimate of drug-likeness (QED) is 0.526. The molecule has 1 aliphatic rings. The van der Waals surface area contributed by atoms with E-state index in [-0.39, 0.29) is 18.2 Å². The Morgan fingerprint density at radius 3 is 2.78 bits per heavy atom. The van der Waals surface area contributed by atoms with Crippen molar-refractivity contribution < 1.29 is 9.53 Å². The molecule has 0 aromatic heterocycles. The molecular formula is C6H9NO2. The van der Waals surface area contributed by atoms with Gasteiger partial charge in [-0.05, 0) is 6.92 Å². The largest absolute Gasteiger partial charge is 0.444 e. The minimum Gasteiger partial charge on any atom is -0.444 e. The van der Waals surface area contributed by atoms with Crippen LogP contribution in [0.4, 0.5) is 4.79 Å². The summed E-state index contributed by atoms with van der Waals surface area (Å²) in [7, 11) is 0. The fraction of sp³-hybridized carbons (Fsp3) is 0.500. The van der Waals surface area contributed by atoms with Crippen LogP contribution < -0.4 is 5.32 Å². The maximum absolute atomic E-state index is 10.4. The lowest BCUT2D eigenvalue weighted by molar-refractivity contribution is 0.144. The Labute approximate surface area is 53.7 Å². The van der Waals surface area contributed by atoms with Crippen LogP contribution in [0.5, 0.6) is 0 Å². The van der Waals surface area contributed by atoms with Crippen LogP contribution in [0.25, 0.3) is 0 Å².